The largest absolute Gasteiger partial charge is 0.460 e. The van der Waals surface area contributed by atoms with Gasteiger partial charge in [-0.1, -0.05) is 10.8 Å². The monoisotopic (exact) mass is 203 g/mol. The Labute approximate surface area is 74.2 Å². The zero-order valence-corrected chi connectivity index (χ0v) is 7.98. The molecule has 0 rings (SSSR count). The van der Waals surface area contributed by atoms with Gasteiger partial charge < -0.3 is 10.5 Å². The Morgan fingerprint density at radius 1 is 1.70 bits per heavy atom. The number of carbonyl (C=O) groups is 1. The van der Waals surface area contributed by atoms with Crippen molar-refractivity contribution >= 4 is 39.3 Å². The van der Waals surface area contributed by atoms with Crippen LogP contribution in [0.3, 0.4) is 0 Å². The van der Waals surface area contributed by atoms with Crippen LogP contribution in [0.15, 0.2) is 0 Å². The lowest BCUT2D eigenvalue weighted by Crippen LogP contribution is -2.00. The van der Waals surface area contributed by atoms with E-state index in [0.717, 1.165) is 16.5 Å². The van der Waals surface area contributed by atoms with Gasteiger partial charge in [-0.25, -0.2) is 4.79 Å². The molecule has 0 fully saturated rings. The van der Waals surface area contributed by atoms with Crippen molar-refractivity contribution in [2.45, 2.75) is 0 Å². The highest BCUT2D eigenvalue weighted by molar-refractivity contribution is 8.82. The number of halogens is 1. The number of rotatable bonds is 3. The fraction of sp³-hybridized carbons (Fsp3) is 0.750. The second-order valence-corrected chi connectivity index (χ2v) is 3.50. The van der Waals surface area contributed by atoms with E-state index in [4.69, 9.17) is 5.73 Å². The number of nitrogens with two attached hydrogens (primary N) is 1. The van der Waals surface area contributed by atoms with E-state index < -0.39 is 0 Å². The van der Waals surface area contributed by atoms with Gasteiger partial charge in [-0.2, -0.15) is 0 Å². The third kappa shape index (κ3) is 8.42. The minimum absolute atomic E-state index is 0. The van der Waals surface area contributed by atoms with Gasteiger partial charge in [-0.3, -0.25) is 0 Å². The van der Waals surface area contributed by atoms with Gasteiger partial charge in [0.15, 0.2) is 0 Å². The Balaban J connectivity index is 0. The molecule has 0 aromatic rings. The summed E-state index contributed by atoms with van der Waals surface area (Å²) in [5, 5.41) is -0.270. The first kappa shape index (κ1) is 13.0. The van der Waals surface area contributed by atoms with Gasteiger partial charge in [0.05, 0.1) is 7.11 Å². The summed E-state index contributed by atoms with van der Waals surface area (Å²) in [5.74, 6) is 0.778. The first-order chi connectivity index (χ1) is 4.31. The molecule has 0 saturated heterocycles. The topological polar surface area (TPSA) is 52.3 Å². The van der Waals surface area contributed by atoms with Crippen LogP contribution >= 0.6 is 34.0 Å². The van der Waals surface area contributed by atoms with Crippen LogP contribution in [-0.4, -0.2) is 24.7 Å². The Hall–Kier alpha value is 0.420. The van der Waals surface area contributed by atoms with Crippen LogP contribution in [0.1, 0.15) is 0 Å². The summed E-state index contributed by atoms with van der Waals surface area (Å²) in [5.41, 5.74) is 5.17. The highest BCUT2D eigenvalue weighted by Crippen LogP contribution is 2.21. The lowest BCUT2D eigenvalue weighted by Gasteiger charge is -1.94. The predicted molar refractivity (Wildman–Crippen MR) is 48.8 cm³/mol. The van der Waals surface area contributed by atoms with Gasteiger partial charge >= 0.3 is 5.30 Å². The summed E-state index contributed by atoms with van der Waals surface area (Å²) in [4.78, 5) is 10.4. The zero-order valence-electron chi connectivity index (χ0n) is 5.53. The van der Waals surface area contributed by atoms with Crippen LogP contribution in [0.25, 0.3) is 0 Å². The second-order valence-electron chi connectivity index (χ2n) is 1.15. The van der Waals surface area contributed by atoms with Gasteiger partial charge in [0.1, 0.15) is 0 Å². The van der Waals surface area contributed by atoms with Crippen molar-refractivity contribution in [3.05, 3.63) is 0 Å². The molecule has 0 heterocycles. The van der Waals surface area contributed by atoms with Crippen LogP contribution in [0.2, 0.25) is 0 Å². The van der Waals surface area contributed by atoms with Crippen LogP contribution in [0.5, 0.6) is 0 Å². The number of hydrogen-bond acceptors (Lipinski definition) is 5. The van der Waals surface area contributed by atoms with Crippen molar-refractivity contribution in [2.24, 2.45) is 5.73 Å². The number of ether oxygens (including phenoxy) is 1. The van der Waals surface area contributed by atoms with Crippen molar-refractivity contribution in [2.75, 3.05) is 19.4 Å². The number of hydrogen-bond donors (Lipinski definition) is 1. The molecule has 0 aliphatic heterocycles. The molecule has 0 spiro atoms. The number of methoxy groups -OCH3 is 1. The van der Waals surface area contributed by atoms with E-state index in [1.807, 2.05) is 0 Å². The predicted octanol–water partition coefficient (Wildman–Crippen LogP) is 1.51. The normalized spacial score (nSPS) is 8.20. The lowest BCUT2D eigenvalue weighted by atomic mass is 10.8. The molecule has 0 bridgehead atoms. The van der Waals surface area contributed by atoms with E-state index in [1.54, 1.807) is 0 Å². The Morgan fingerprint density at radius 3 is 2.70 bits per heavy atom. The van der Waals surface area contributed by atoms with Crippen molar-refractivity contribution in [1.29, 1.82) is 0 Å². The summed E-state index contributed by atoms with van der Waals surface area (Å²) in [6.45, 7) is 0.592. The average molecular weight is 204 g/mol. The summed E-state index contributed by atoms with van der Waals surface area (Å²) in [6, 6.07) is 0. The van der Waals surface area contributed by atoms with E-state index >= 15 is 0 Å². The molecule has 0 unspecified atom stereocenters. The average Bonchev–Trinajstić information content (AvgIpc) is 1.89. The zero-order chi connectivity index (χ0) is 7.11. The highest BCUT2D eigenvalue weighted by atomic mass is 35.5. The van der Waals surface area contributed by atoms with Gasteiger partial charge in [0.25, 0.3) is 0 Å². The van der Waals surface area contributed by atoms with E-state index in [1.165, 1.54) is 17.9 Å². The second kappa shape index (κ2) is 9.42. The molecule has 3 nitrogen and oxygen atoms in total. The quantitative estimate of drug-likeness (QED) is 0.428. The summed E-state index contributed by atoms with van der Waals surface area (Å²) >= 11 is 0. The summed E-state index contributed by atoms with van der Waals surface area (Å²) in [6.07, 6.45) is 0. The fourth-order valence-electron chi connectivity index (χ4n) is 0.172. The molecule has 0 amide bonds. The third-order valence-electron chi connectivity index (χ3n) is 0.495. The van der Waals surface area contributed by atoms with Crippen LogP contribution in [0.4, 0.5) is 4.79 Å². The number of carbonyl (C=O) groups excluding carboxylic acids is 1. The standard InChI is InChI=1S/C4H9NO2S2.ClH/c1-7-4(6)9-8-3-2-5;/h2-3,5H2,1H3;1H. The third-order valence-corrected chi connectivity index (χ3v) is 2.58. The first-order valence-corrected chi connectivity index (χ1v) is 4.70. The summed E-state index contributed by atoms with van der Waals surface area (Å²) in [7, 11) is 3.84. The van der Waals surface area contributed by atoms with Crippen LogP contribution in [-0.2, 0) is 4.74 Å². The molecule has 0 radical (unpaired) electrons. The Morgan fingerprint density at radius 2 is 2.30 bits per heavy atom. The van der Waals surface area contributed by atoms with E-state index in [0.29, 0.717) is 6.54 Å². The molecule has 2 N–H and O–H groups in total. The fourth-order valence-corrected chi connectivity index (χ4v) is 1.55. The molecule has 6 heteroatoms. The molecule has 0 saturated carbocycles. The Bertz CT molecular complexity index is 93.3. The molecule has 0 aromatic carbocycles. The van der Waals surface area contributed by atoms with Crippen LogP contribution in [0, 0.1) is 0 Å². The molecule has 0 aliphatic carbocycles. The van der Waals surface area contributed by atoms with E-state index in [2.05, 4.69) is 4.74 Å². The van der Waals surface area contributed by atoms with Gasteiger partial charge in [-0.05, 0) is 0 Å². The van der Waals surface area contributed by atoms with Crippen LogP contribution < -0.4 is 5.73 Å². The lowest BCUT2D eigenvalue weighted by molar-refractivity contribution is 0.200. The SMILES string of the molecule is COC(=O)SSCCN.Cl. The maximum atomic E-state index is 10.4. The minimum Gasteiger partial charge on any atom is -0.460 e. The van der Waals surface area contributed by atoms with Gasteiger partial charge in [0, 0.05) is 23.1 Å². The van der Waals surface area contributed by atoms with E-state index in [-0.39, 0.29) is 17.7 Å². The smallest absolute Gasteiger partial charge is 0.377 e. The van der Waals surface area contributed by atoms with Gasteiger partial charge in [0.2, 0.25) is 0 Å². The highest BCUT2D eigenvalue weighted by Gasteiger charge is 1.98. The van der Waals surface area contributed by atoms with Crippen molar-refractivity contribution < 1.29 is 9.53 Å². The molecule has 0 atom stereocenters. The maximum absolute atomic E-state index is 10.4. The first-order valence-electron chi connectivity index (χ1n) is 2.38. The van der Waals surface area contributed by atoms with Crippen molar-refractivity contribution in [3.63, 3.8) is 0 Å². The summed E-state index contributed by atoms with van der Waals surface area (Å²) < 4.78 is 4.36. The Kier molecular flexibility index (Phi) is 12.3. The molecule has 0 aliphatic rings. The minimum atomic E-state index is -0.270. The van der Waals surface area contributed by atoms with E-state index in [9.17, 15) is 4.79 Å². The maximum Gasteiger partial charge on any atom is 0.377 e. The molecule has 10 heavy (non-hydrogen) atoms. The molecule has 0 aromatic heterocycles. The van der Waals surface area contributed by atoms with Crippen molar-refractivity contribution in [3.8, 4) is 0 Å². The molecule has 62 valence electrons. The van der Waals surface area contributed by atoms with Crippen molar-refractivity contribution in [1.82, 2.24) is 0 Å². The molecular formula is C4H10ClNO2S2. The molecular weight excluding hydrogens is 194 g/mol. The van der Waals surface area contributed by atoms with Gasteiger partial charge in [-0.15, -0.1) is 12.4 Å².